The Morgan fingerprint density at radius 2 is 0.717 bits per heavy atom. The topological polar surface area (TPSA) is 78.9 Å². The molecule has 0 saturated carbocycles. The molecule has 0 aliphatic heterocycles. The first-order valence-corrected chi connectivity index (χ1v) is 23.3. The SMILES string of the molecule is CCCCCCCCCCCCCCCCC(=O)OC[C@H](COC(=O)CCCCCCCCCCC(C)CC)OC(=O)CCCCCCCCC(C)C. The minimum atomic E-state index is -0.761. The van der Waals surface area contributed by atoms with Crippen LogP contribution in [0, 0.1) is 11.8 Å². The normalized spacial score (nSPS) is 12.6. The number of carbonyl (C=O) groups excluding carboxylic acids is 3. The molecule has 0 spiro atoms. The second kappa shape index (κ2) is 40.1. The maximum Gasteiger partial charge on any atom is 0.306 e. The summed E-state index contributed by atoms with van der Waals surface area (Å²) in [6.07, 6.45) is 38.1. The zero-order chi connectivity index (χ0) is 39.0. The quantitative estimate of drug-likeness (QED) is 0.0352. The molecule has 0 saturated heterocycles. The largest absolute Gasteiger partial charge is 0.462 e. The molecule has 0 radical (unpaired) electrons. The third kappa shape index (κ3) is 39.9. The zero-order valence-electron chi connectivity index (χ0n) is 36.1. The molecule has 314 valence electrons. The van der Waals surface area contributed by atoms with Crippen LogP contribution >= 0.6 is 0 Å². The molecule has 0 aliphatic carbocycles. The minimum Gasteiger partial charge on any atom is -0.462 e. The van der Waals surface area contributed by atoms with Crippen molar-refractivity contribution in [3.05, 3.63) is 0 Å². The molecule has 1 unspecified atom stereocenters. The van der Waals surface area contributed by atoms with Crippen LogP contribution in [0.15, 0.2) is 0 Å². The highest BCUT2D eigenvalue weighted by molar-refractivity contribution is 5.71. The molecule has 0 fully saturated rings. The van der Waals surface area contributed by atoms with Gasteiger partial charge in [0.05, 0.1) is 0 Å². The van der Waals surface area contributed by atoms with Crippen LogP contribution in [-0.2, 0) is 28.6 Å². The average molecular weight is 751 g/mol. The van der Waals surface area contributed by atoms with E-state index < -0.39 is 6.10 Å². The number of ether oxygens (including phenoxy) is 3. The fraction of sp³-hybridized carbons (Fsp3) is 0.936. The summed E-state index contributed by atoms with van der Waals surface area (Å²) in [6, 6.07) is 0. The van der Waals surface area contributed by atoms with Gasteiger partial charge in [-0.3, -0.25) is 14.4 Å². The summed E-state index contributed by atoms with van der Waals surface area (Å²) in [6.45, 7) is 11.3. The summed E-state index contributed by atoms with van der Waals surface area (Å²) in [5.74, 6) is 0.745. The number of esters is 3. The van der Waals surface area contributed by atoms with Crippen molar-refractivity contribution in [2.75, 3.05) is 13.2 Å². The number of hydrogen-bond donors (Lipinski definition) is 0. The van der Waals surface area contributed by atoms with Crippen LogP contribution in [0.5, 0.6) is 0 Å². The smallest absolute Gasteiger partial charge is 0.306 e. The average Bonchev–Trinajstić information content (AvgIpc) is 3.14. The Morgan fingerprint density at radius 3 is 1.08 bits per heavy atom. The van der Waals surface area contributed by atoms with Crippen LogP contribution in [0.2, 0.25) is 0 Å². The maximum absolute atomic E-state index is 12.7. The molecule has 0 rings (SSSR count). The summed E-state index contributed by atoms with van der Waals surface area (Å²) >= 11 is 0. The van der Waals surface area contributed by atoms with Gasteiger partial charge < -0.3 is 14.2 Å². The molecule has 0 N–H and O–H groups in total. The Kier molecular flexibility index (Phi) is 38.9. The lowest BCUT2D eigenvalue weighted by molar-refractivity contribution is -0.167. The first kappa shape index (κ1) is 51.4. The van der Waals surface area contributed by atoms with E-state index in [1.807, 2.05) is 0 Å². The van der Waals surface area contributed by atoms with Crippen molar-refractivity contribution < 1.29 is 28.6 Å². The van der Waals surface area contributed by atoms with E-state index in [-0.39, 0.29) is 31.1 Å². The van der Waals surface area contributed by atoms with Crippen molar-refractivity contribution in [2.24, 2.45) is 11.8 Å². The molecular weight excluding hydrogens is 661 g/mol. The van der Waals surface area contributed by atoms with Crippen LogP contribution in [0.25, 0.3) is 0 Å². The van der Waals surface area contributed by atoms with Crippen molar-refractivity contribution in [1.82, 2.24) is 0 Å². The van der Waals surface area contributed by atoms with Crippen LogP contribution < -0.4 is 0 Å². The van der Waals surface area contributed by atoms with Crippen molar-refractivity contribution in [1.29, 1.82) is 0 Å². The predicted octanol–water partition coefficient (Wildman–Crippen LogP) is 14.6. The van der Waals surface area contributed by atoms with Gasteiger partial charge in [-0.1, -0.05) is 214 Å². The summed E-state index contributed by atoms with van der Waals surface area (Å²) in [7, 11) is 0. The molecule has 53 heavy (non-hydrogen) atoms. The molecule has 0 aromatic heterocycles. The second-order valence-electron chi connectivity index (χ2n) is 16.8. The Hall–Kier alpha value is -1.59. The van der Waals surface area contributed by atoms with Crippen molar-refractivity contribution in [3.8, 4) is 0 Å². The summed E-state index contributed by atoms with van der Waals surface area (Å²) < 4.78 is 16.7. The van der Waals surface area contributed by atoms with Gasteiger partial charge in [0, 0.05) is 19.3 Å². The van der Waals surface area contributed by atoms with Gasteiger partial charge in [-0.15, -0.1) is 0 Å². The van der Waals surface area contributed by atoms with Gasteiger partial charge in [0.2, 0.25) is 0 Å². The third-order valence-electron chi connectivity index (χ3n) is 10.8. The zero-order valence-corrected chi connectivity index (χ0v) is 36.1. The Bertz CT molecular complexity index is 811. The lowest BCUT2D eigenvalue weighted by Gasteiger charge is -2.18. The minimum absolute atomic E-state index is 0.0658. The molecule has 0 aromatic carbocycles. The van der Waals surface area contributed by atoms with E-state index in [0.717, 1.165) is 69.6 Å². The summed E-state index contributed by atoms with van der Waals surface area (Å²) in [5.41, 5.74) is 0. The lowest BCUT2D eigenvalue weighted by Crippen LogP contribution is -2.30. The van der Waals surface area contributed by atoms with Crippen molar-refractivity contribution >= 4 is 17.9 Å². The van der Waals surface area contributed by atoms with Gasteiger partial charge in [0.15, 0.2) is 6.10 Å². The van der Waals surface area contributed by atoms with Gasteiger partial charge in [-0.05, 0) is 31.1 Å². The van der Waals surface area contributed by atoms with Crippen LogP contribution in [-0.4, -0.2) is 37.2 Å². The van der Waals surface area contributed by atoms with Crippen LogP contribution in [0.3, 0.4) is 0 Å². The monoisotopic (exact) mass is 751 g/mol. The molecule has 6 nitrogen and oxygen atoms in total. The molecule has 0 heterocycles. The van der Waals surface area contributed by atoms with E-state index in [1.54, 1.807) is 0 Å². The van der Waals surface area contributed by atoms with E-state index in [9.17, 15) is 14.4 Å². The highest BCUT2D eigenvalue weighted by Crippen LogP contribution is 2.17. The molecule has 0 bridgehead atoms. The van der Waals surface area contributed by atoms with Crippen molar-refractivity contribution in [3.63, 3.8) is 0 Å². The van der Waals surface area contributed by atoms with E-state index in [2.05, 4.69) is 34.6 Å². The van der Waals surface area contributed by atoms with Gasteiger partial charge >= 0.3 is 17.9 Å². The van der Waals surface area contributed by atoms with Crippen molar-refractivity contribution in [2.45, 2.75) is 259 Å². The lowest BCUT2D eigenvalue weighted by atomic mass is 9.99. The first-order valence-electron chi connectivity index (χ1n) is 23.3. The number of hydrogen-bond acceptors (Lipinski definition) is 6. The Morgan fingerprint density at radius 1 is 0.396 bits per heavy atom. The Labute approximate surface area is 329 Å². The fourth-order valence-electron chi connectivity index (χ4n) is 6.90. The molecular formula is C47H90O6. The fourth-order valence-corrected chi connectivity index (χ4v) is 6.90. The molecule has 0 aromatic rings. The van der Waals surface area contributed by atoms with E-state index in [4.69, 9.17) is 14.2 Å². The van der Waals surface area contributed by atoms with Crippen LogP contribution in [0.4, 0.5) is 0 Å². The molecule has 0 aliphatic rings. The molecule has 0 amide bonds. The van der Waals surface area contributed by atoms with E-state index >= 15 is 0 Å². The van der Waals surface area contributed by atoms with Gasteiger partial charge in [-0.2, -0.15) is 0 Å². The summed E-state index contributed by atoms with van der Waals surface area (Å²) in [4.78, 5) is 37.7. The van der Waals surface area contributed by atoms with Gasteiger partial charge in [0.1, 0.15) is 13.2 Å². The highest BCUT2D eigenvalue weighted by atomic mass is 16.6. The van der Waals surface area contributed by atoms with Crippen LogP contribution in [0.1, 0.15) is 253 Å². The van der Waals surface area contributed by atoms with E-state index in [1.165, 1.54) is 141 Å². The number of carbonyl (C=O) groups is 3. The molecule has 2 atom stereocenters. The first-order chi connectivity index (χ1) is 25.8. The third-order valence-corrected chi connectivity index (χ3v) is 10.8. The Balaban J connectivity index is 4.30. The van der Waals surface area contributed by atoms with Gasteiger partial charge in [0.25, 0.3) is 0 Å². The number of unbranched alkanes of at least 4 members (excludes halogenated alkanes) is 25. The number of rotatable bonds is 41. The summed E-state index contributed by atoms with van der Waals surface area (Å²) in [5, 5.41) is 0. The van der Waals surface area contributed by atoms with E-state index in [0.29, 0.717) is 19.3 Å². The highest BCUT2D eigenvalue weighted by Gasteiger charge is 2.19. The predicted molar refractivity (Wildman–Crippen MR) is 224 cm³/mol. The van der Waals surface area contributed by atoms with Gasteiger partial charge in [-0.25, -0.2) is 0 Å². The molecule has 6 heteroatoms. The maximum atomic E-state index is 12.7. The standard InChI is InChI=1S/C47H90O6/c1-6-8-9-10-11-12-13-14-15-16-17-21-27-32-37-45(48)51-40-44(53-47(50)39-34-29-24-23-25-30-35-42(3)4)41-52-46(49)38-33-28-22-19-18-20-26-31-36-43(5)7-2/h42-44H,6-41H2,1-5H3/t43?,44-/m1/s1. The second-order valence-corrected chi connectivity index (χ2v) is 16.8.